The molecule has 37 heavy (non-hydrogen) atoms. The minimum atomic E-state index is 0. The van der Waals surface area contributed by atoms with Gasteiger partial charge in [0.2, 0.25) is 5.82 Å². The van der Waals surface area contributed by atoms with Gasteiger partial charge in [-0.25, -0.2) is 9.97 Å². The lowest BCUT2D eigenvalue weighted by Crippen LogP contribution is -2.36. The van der Waals surface area contributed by atoms with Crippen LogP contribution in [0.4, 0.5) is 5.82 Å². The summed E-state index contributed by atoms with van der Waals surface area (Å²) in [6, 6.07) is 17.7. The summed E-state index contributed by atoms with van der Waals surface area (Å²) in [6.07, 6.45) is 5.33. The predicted octanol–water partition coefficient (Wildman–Crippen LogP) is 4.60. The smallest absolute Gasteiger partial charge is 0.204 e. The van der Waals surface area contributed by atoms with Gasteiger partial charge in [-0.05, 0) is 56.6 Å². The van der Waals surface area contributed by atoms with E-state index in [-0.39, 0.29) is 12.4 Å². The van der Waals surface area contributed by atoms with E-state index in [1.807, 2.05) is 12.1 Å². The van der Waals surface area contributed by atoms with Crippen LogP contribution in [0.2, 0.25) is 0 Å². The number of aryl methyl sites for hydroxylation is 1. The number of nitrogens with one attached hydrogen (secondary N) is 2. The molecule has 1 saturated carbocycles. The van der Waals surface area contributed by atoms with Crippen molar-refractivity contribution >= 4 is 40.2 Å². The van der Waals surface area contributed by atoms with Crippen LogP contribution in [0, 0.1) is 0 Å². The zero-order valence-electron chi connectivity index (χ0n) is 21.3. The van der Waals surface area contributed by atoms with Crippen LogP contribution in [0.15, 0.2) is 48.5 Å². The average molecular weight is 518 g/mol. The van der Waals surface area contributed by atoms with Crippen molar-refractivity contribution < 1.29 is 0 Å². The van der Waals surface area contributed by atoms with Gasteiger partial charge < -0.3 is 15.2 Å². The Morgan fingerprint density at radius 1 is 1.03 bits per heavy atom. The van der Waals surface area contributed by atoms with E-state index in [9.17, 15) is 0 Å². The number of rotatable bonds is 6. The van der Waals surface area contributed by atoms with Crippen LogP contribution in [-0.2, 0) is 13.5 Å². The van der Waals surface area contributed by atoms with Crippen LogP contribution in [0.3, 0.4) is 0 Å². The molecule has 0 unspecified atom stereocenters. The van der Waals surface area contributed by atoms with Gasteiger partial charge in [-0.15, -0.1) is 22.6 Å². The molecular formula is C27H32ClN9. The number of aromatic amines is 1. The summed E-state index contributed by atoms with van der Waals surface area (Å²) in [5, 5.41) is 18.4. The molecule has 1 aliphatic carbocycles. The minimum absolute atomic E-state index is 0. The highest BCUT2D eigenvalue weighted by atomic mass is 35.5. The van der Waals surface area contributed by atoms with Crippen molar-refractivity contribution in [2.45, 2.75) is 44.2 Å². The number of benzene rings is 2. The lowest BCUT2D eigenvalue weighted by Gasteiger charge is -2.33. The summed E-state index contributed by atoms with van der Waals surface area (Å²) >= 11 is 0. The average Bonchev–Trinajstić information content (AvgIpc) is 3.48. The molecule has 0 bridgehead atoms. The molecule has 192 valence electrons. The highest BCUT2D eigenvalue weighted by Gasteiger charge is 2.24. The summed E-state index contributed by atoms with van der Waals surface area (Å²) in [7, 11) is 6.13. The number of nitrogens with zero attached hydrogens (tertiary/aromatic N) is 7. The largest absolute Gasteiger partial charge is 0.367 e. The minimum Gasteiger partial charge on any atom is -0.367 e. The maximum absolute atomic E-state index is 5.06. The molecule has 3 aromatic heterocycles. The second kappa shape index (κ2) is 10.4. The molecule has 6 rings (SSSR count). The standard InChI is InChI=1S/C27H31N9.ClH/c1-35(2)20-12-10-19(11-13-20)28-26-24-21-14-9-18(25-32-34-36(3)33-25)16-22(21)29-27(24)31-23(30-26)15-17-7-5-4-6-8-17;/h4-9,14,16,19-20H,10-13,15H2,1-3H3,(H2,28,29,30,31);1H. The number of fused-ring (bicyclic) bond motifs is 3. The van der Waals surface area contributed by atoms with Gasteiger partial charge >= 0.3 is 0 Å². The Morgan fingerprint density at radius 3 is 2.51 bits per heavy atom. The van der Waals surface area contributed by atoms with Crippen molar-refractivity contribution in [2.24, 2.45) is 7.05 Å². The Morgan fingerprint density at radius 2 is 1.81 bits per heavy atom. The van der Waals surface area contributed by atoms with Gasteiger partial charge in [-0.3, -0.25) is 0 Å². The number of hydrogen-bond donors (Lipinski definition) is 2. The summed E-state index contributed by atoms with van der Waals surface area (Å²) in [5.74, 6) is 2.32. The van der Waals surface area contributed by atoms with Crippen LogP contribution < -0.4 is 5.32 Å². The SMILES string of the molecule is CN(C)C1CCC(Nc2nc(Cc3ccccc3)nc3[nH]c4cc(-c5nnn(C)n5)ccc4c23)CC1.Cl. The number of tetrazole rings is 1. The van der Waals surface area contributed by atoms with Gasteiger partial charge in [0.15, 0.2) is 0 Å². The molecule has 2 N–H and O–H groups in total. The molecule has 1 fully saturated rings. The quantitative estimate of drug-likeness (QED) is 0.339. The molecule has 5 aromatic rings. The van der Waals surface area contributed by atoms with E-state index in [2.05, 4.69) is 81.1 Å². The summed E-state index contributed by atoms with van der Waals surface area (Å²) in [6.45, 7) is 0. The summed E-state index contributed by atoms with van der Waals surface area (Å²) < 4.78 is 0. The van der Waals surface area contributed by atoms with Gasteiger partial charge in [-0.2, -0.15) is 4.80 Å². The monoisotopic (exact) mass is 517 g/mol. The first kappa shape index (κ1) is 25.1. The summed E-state index contributed by atoms with van der Waals surface area (Å²) in [4.78, 5) is 17.4. The van der Waals surface area contributed by atoms with Gasteiger partial charge in [0.1, 0.15) is 17.3 Å². The molecule has 3 heterocycles. The summed E-state index contributed by atoms with van der Waals surface area (Å²) in [5.41, 5.74) is 3.94. The maximum atomic E-state index is 5.06. The Balaban J connectivity index is 0.00000280. The number of hydrogen-bond acceptors (Lipinski definition) is 7. The van der Waals surface area contributed by atoms with Crippen LogP contribution in [0.1, 0.15) is 37.1 Å². The molecule has 0 atom stereocenters. The second-order valence-corrected chi connectivity index (χ2v) is 9.98. The van der Waals surface area contributed by atoms with Gasteiger partial charge in [0.05, 0.1) is 12.4 Å². The van der Waals surface area contributed by atoms with E-state index >= 15 is 0 Å². The Labute approximate surface area is 222 Å². The van der Waals surface area contributed by atoms with Crippen LogP contribution in [0.5, 0.6) is 0 Å². The number of anilines is 1. The molecule has 1 aliphatic rings. The first-order chi connectivity index (χ1) is 17.5. The molecule has 0 spiro atoms. The third kappa shape index (κ3) is 5.14. The molecule has 0 aliphatic heterocycles. The van der Waals surface area contributed by atoms with Gasteiger partial charge in [-0.1, -0.05) is 42.5 Å². The van der Waals surface area contributed by atoms with Gasteiger partial charge in [0.25, 0.3) is 0 Å². The zero-order valence-corrected chi connectivity index (χ0v) is 22.2. The fourth-order valence-electron chi connectivity index (χ4n) is 5.28. The molecule has 0 saturated heterocycles. The lowest BCUT2D eigenvalue weighted by molar-refractivity contribution is 0.221. The van der Waals surface area contributed by atoms with E-state index in [0.717, 1.165) is 52.0 Å². The van der Waals surface area contributed by atoms with E-state index in [1.54, 1.807) is 7.05 Å². The fourth-order valence-corrected chi connectivity index (χ4v) is 5.28. The molecular weight excluding hydrogens is 486 g/mol. The van der Waals surface area contributed by atoms with E-state index < -0.39 is 0 Å². The highest BCUT2D eigenvalue weighted by Crippen LogP contribution is 2.34. The van der Waals surface area contributed by atoms with Crippen LogP contribution in [0.25, 0.3) is 33.3 Å². The van der Waals surface area contributed by atoms with Crippen molar-refractivity contribution in [3.05, 3.63) is 59.9 Å². The molecule has 0 radical (unpaired) electrons. The highest BCUT2D eigenvalue weighted by molar-refractivity contribution is 6.11. The Hall–Kier alpha value is -3.56. The van der Waals surface area contributed by atoms with Crippen molar-refractivity contribution in [1.82, 2.24) is 40.1 Å². The number of aromatic nitrogens is 7. The second-order valence-electron chi connectivity index (χ2n) is 9.98. The first-order valence-electron chi connectivity index (χ1n) is 12.6. The Bertz CT molecular complexity index is 1500. The first-order valence-corrected chi connectivity index (χ1v) is 12.6. The molecule has 9 nitrogen and oxygen atoms in total. The maximum Gasteiger partial charge on any atom is 0.204 e. The third-order valence-electron chi connectivity index (χ3n) is 7.24. The third-order valence-corrected chi connectivity index (χ3v) is 7.24. The lowest BCUT2D eigenvalue weighted by atomic mass is 9.90. The van der Waals surface area contributed by atoms with Crippen molar-refractivity contribution in [3.8, 4) is 11.4 Å². The molecule has 0 amide bonds. The Kier molecular flexibility index (Phi) is 7.08. The molecule has 2 aromatic carbocycles. The normalized spacial score (nSPS) is 17.8. The fraction of sp³-hybridized carbons (Fsp3) is 0.370. The van der Waals surface area contributed by atoms with E-state index in [4.69, 9.17) is 9.97 Å². The van der Waals surface area contributed by atoms with Crippen LogP contribution >= 0.6 is 12.4 Å². The topological polar surface area (TPSA) is 100 Å². The zero-order chi connectivity index (χ0) is 24.6. The van der Waals surface area contributed by atoms with Crippen molar-refractivity contribution in [1.29, 1.82) is 0 Å². The van der Waals surface area contributed by atoms with E-state index in [1.165, 1.54) is 23.2 Å². The number of halogens is 1. The van der Waals surface area contributed by atoms with E-state index in [0.29, 0.717) is 24.3 Å². The number of H-pyrrole nitrogens is 1. The predicted molar refractivity (Wildman–Crippen MR) is 149 cm³/mol. The van der Waals surface area contributed by atoms with Crippen molar-refractivity contribution in [3.63, 3.8) is 0 Å². The van der Waals surface area contributed by atoms with Gasteiger partial charge in [0, 0.05) is 35.0 Å². The molecule has 10 heteroatoms. The van der Waals surface area contributed by atoms with Crippen LogP contribution in [-0.4, -0.2) is 66.2 Å². The van der Waals surface area contributed by atoms with Crippen molar-refractivity contribution in [2.75, 3.05) is 19.4 Å².